The molecule has 1 aliphatic heterocycles. The summed E-state index contributed by atoms with van der Waals surface area (Å²) in [6.07, 6.45) is 2.22. The monoisotopic (exact) mass is 314 g/mol. The summed E-state index contributed by atoms with van der Waals surface area (Å²) in [4.78, 5) is 2.40. The third-order valence-corrected chi connectivity index (χ3v) is 4.31. The molecule has 4 heteroatoms. The number of rotatable bonds is 3. The van der Waals surface area contributed by atoms with Crippen LogP contribution in [0, 0.1) is 5.82 Å². The Kier molecular flexibility index (Phi) is 4.62. The topological polar surface area (TPSA) is 15.3 Å². The molecule has 1 N–H and O–H groups in total. The first-order chi connectivity index (χ1) is 8.65. The Morgan fingerprint density at radius 1 is 1.39 bits per heavy atom. The van der Waals surface area contributed by atoms with Crippen molar-refractivity contribution in [2.45, 2.75) is 38.8 Å². The van der Waals surface area contributed by atoms with Gasteiger partial charge in [-0.2, -0.15) is 0 Å². The lowest BCUT2D eigenvalue weighted by atomic mass is 10.0. The van der Waals surface area contributed by atoms with E-state index < -0.39 is 0 Å². The second-order valence-electron chi connectivity index (χ2n) is 4.83. The molecule has 0 bridgehead atoms. The highest BCUT2D eigenvalue weighted by Crippen LogP contribution is 2.27. The molecule has 0 spiro atoms. The van der Waals surface area contributed by atoms with Crippen LogP contribution in [0.1, 0.15) is 26.7 Å². The van der Waals surface area contributed by atoms with E-state index in [0.717, 1.165) is 31.6 Å². The molecule has 2 unspecified atom stereocenters. The number of piperazine rings is 1. The Labute approximate surface area is 117 Å². The van der Waals surface area contributed by atoms with E-state index >= 15 is 0 Å². The summed E-state index contributed by atoms with van der Waals surface area (Å²) in [5, 5.41) is 3.57. The molecule has 18 heavy (non-hydrogen) atoms. The minimum absolute atomic E-state index is 0.200. The van der Waals surface area contributed by atoms with E-state index in [1.54, 1.807) is 0 Å². The standard InChI is InChI=1S/C14H20BrFN2/c1-3-10-9-18(11(4-2)8-17-10)12-5-6-14(16)13(15)7-12/h5-7,10-11,17H,3-4,8-9H2,1-2H3. The van der Waals surface area contributed by atoms with Gasteiger partial charge in [0.05, 0.1) is 4.47 Å². The zero-order valence-corrected chi connectivity index (χ0v) is 12.5. The maximum absolute atomic E-state index is 13.3. The molecule has 0 radical (unpaired) electrons. The molecular weight excluding hydrogens is 295 g/mol. The van der Waals surface area contributed by atoms with Crippen molar-refractivity contribution in [1.29, 1.82) is 0 Å². The SMILES string of the molecule is CCC1CN(c2ccc(F)c(Br)c2)C(CC)CN1. The van der Waals surface area contributed by atoms with Crippen molar-refractivity contribution in [3.05, 3.63) is 28.5 Å². The van der Waals surface area contributed by atoms with Crippen LogP contribution in [-0.4, -0.2) is 25.2 Å². The molecule has 0 amide bonds. The lowest BCUT2D eigenvalue weighted by Gasteiger charge is -2.41. The average molecular weight is 315 g/mol. The van der Waals surface area contributed by atoms with Crippen molar-refractivity contribution >= 4 is 21.6 Å². The Morgan fingerprint density at radius 3 is 2.78 bits per heavy atom. The summed E-state index contributed by atoms with van der Waals surface area (Å²) in [6.45, 7) is 6.39. The normalized spacial score (nSPS) is 24.3. The van der Waals surface area contributed by atoms with Gasteiger partial charge < -0.3 is 10.2 Å². The maximum atomic E-state index is 13.3. The van der Waals surface area contributed by atoms with Gasteiger partial charge in [0, 0.05) is 30.9 Å². The number of hydrogen-bond donors (Lipinski definition) is 1. The average Bonchev–Trinajstić information content (AvgIpc) is 2.41. The molecule has 0 aliphatic carbocycles. The summed E-state index contributed by atoms with van der Waals surface area (Å²) in [5.74, 6) is -0.200. The molecule has 0 aromatic heterocycles. The van der Waals surface area contributed by atoms with E-state index in [1.165, 1.54) is 6.07 Å². The molecule has 100 valence electrons. The number of hydrogen-bond acceptors (Lipinski definition) is 2. The zero-order valence-electron chi connectivity index (χ0n) is 10.9. The number of anilines is 1. The van der Waals surface area contributed by atoms with Crippen LogP contribution in [-0.2, 0) is 0 Å². The van der Waals surface area contributed by atoms with Crippen LogP contribution in [0.3, 0.4) is 0 Å². The summed E-state index contributed by atoms with van der Waals surface area (Å²) < 4.78 is 13.9. The van der Waals surface area contributed by atoms with Crippen molar-refractivity contribution in [1.82, 2.24) is 5.32 Å². The first kappa shape index (κ1) is 13.8. The summed E-state index contributed by atoms with van der Waals surface area (Å²) >= 11 is 3.27. The van der Waals surface area contributed by atoms with Gasteiger partial charge in [-0.15, -0.1) is 0 Å². The van der Waals surface area contributed by atoms with Gasteiger partial charge in [0.2, 0.25) is 0 Å². The van der Waals surface area contributed by atoms with Crippen LogP contribution in [0.15, 0.2) is 22.7 Å². The highest BCUT2D eigenvalue weighted by molar-refractivity contribution is 9.10. The van der Waals surface area contributed by atoms with Crippen LogP contribution in [0.4, 0.5) is 10.1 Å². The lowest BCUT2D eigenvalue weighted by Crippen LogP contribution is -2.56. The van der Waals surface area contributed by atoms with Gasteiger partial charge in [0.1, 0.15) is 5.82 Å². The molecule has 1 aromatic rings. The predicted molar refractivity (Wildman–Crippen MR) is 77.6 cm³/mol. The van der Waals surface area contributed by atoms with Crippen LogP contribution < -0.4 is 10.2 Å². The highest BCUT2D eigenvalue weighted by Gasteiger charge is 2.26. The predicted octanol–water partition coefficient (Wildman–Crippen LogP) is 3.56. The maximum Gasteiger partial charge on any atom is 0.137 e. The van der Waals surface area contributed by atoms with Crippen molar-refractivity contribution in [2.24, 2.45) is 0 Å². The largest absolute Gasteiger partial charge is 0.366 e. The van der Waals surface area contributed by atoms with Gasteiger partial charge in [0.15, 0.2) is 0 Å². The van der Waals surface area contributed by atoms with E-state index in [2.05, 4.69) is 40.0 Å². The van der Waals surface area contributed by atoms with Gasteiger partial charge in [0.25, 0.3) is 0 Å². The quantitative estimate of drug-likeness (QED) is 0.917. The Bertz CT molecular complexity index is 411. The van der Waals surface area contributed by atoms with Crippen LogP contribution >= 0.6 is 15.9 Å². The first-order valence-electron chi connectivity index (χ1n) is 6.60. The van der Waals surface area contributed by atoms with Gasteiger partial charge in [-0.3, -0.25) is 0 Å². The Morgan fingerprint density at radius 2 is 2.17 bits per heavy atom. The Hall–Kier alpha value is -0.610. The minimum atomic E-state index is -0.200. The van der Waals surface area contributed by atoms with Crippen LogP contribution in [0.5, 0.6) is 0 Å². The number of nitrogens with one attached hydrogen (secondary N) is 1. The van der Waals surface area contributed by atoms with E-state index in [9.17, 15) is 4.39 Å². The van der Waals surface area contributed by atoms with E-state index in [1.807, 2.05) is 12.1 Å². The molecule has 1 fully saturated rings. The second kappa shape index (κ2) is 6.02. The number of benzene rings is 1. The zero-order chi connectivity index (χ0) is 13.1. The molecule has 1 saturated heterocycles. The van der Waals surface area contributed by atoms with Gasteiger partial charge >= 0.3 is 0 Å². The molecule has 1 heterocycles. The summed E-state index contributed by atoms with van der Waals surface area (Å²) in [6, 6.07) is 6.31. The fourth-order valence-corrected chi connectivity index (χ4v) is 2.85. The molecule has 2 nitrogen and oxygen atoms in total. The van der Waals surface area contributed by atoms with Crippen molar-refractivity contribution in [3.63, 3.8) is 0 Å². The fourth-order valence-electron chi connectivity index (χ4n) is 2.48. The third-order valence-electron chi connectivity index (χ3n) is 3.70. The lowest BCUT2D eigenvalue weighted by molar-refractivity contribution is 0.378. The molecular formula is C14H20BrFN2. The first-order valence-corrected chi connectivity index (χ1v) is 7.40. The second-order valence-corrected chi connectivity index (χ2v) is 5.68. The number of halogens is 2. The fraction of sp³-hybridized carbons (Fsp3) is 0.571. The van der Waals surface area contributed by atoms with Gasteiger partial charge in [-0.25, -0.2) is 4.39 Å². The van der Waals surface area contributed by atoms with Gasteiger partial charge in [-0.05, 0) is 47.0 Å². The van der Waals surface area contributed by atoms with Crippen molar-refractivity contribution < 1.29 is 4.39 Å². The molecule has 1 aliphatic rings. The number of nitrogens with zero attached hydrogens (tertiary/aromatic N) is 1. The minimum Gasteiger partial charge on any atom is -0.366 e. The molecule has 2 atom stereocenters. The molecule has 0 saturated carbocycles. The summed E-state index contributed by atoms with van der Waals surface area (Å²) in [5.41, 5.74) is 1.11. The van der Waals surface area contributed by atoms with Crippen LogP contribution in [0.2, 0.25) is 0 Å². The smallest absolute Gasteiger partial charge is 0.137 e. The highest BCUT2D eigenvalue weighted by atomic mass is 79.9. The van der Waals surface area contributed by atoms with Crippen molar-refractivity contribution in [2.75, 3.05) is 18.0 Å². The van der Waals surface area contributed by atoms with Crippen molar-refractivity contribution in [3.8, 4) is 0 Å². The van der Waals surface area contributed by atoms with Crippen LogP contribution in [0.25, 0.3) is 0 Å². The van der Waals surface area contributed by atoms with Gasteiger partial charge in [-0.1, -0.05) is 13.8 Å². The molecule has 1 aromatic carbocycles. The molecule has 2 rings (SSSR count). The van der Waals surface area contributed by atoms with E-state index in [0.29, 0.717) is 16.6 Å². The summed E-state index contributed by atoms with van der Waals surface area (Å²) in [7, 11) is 0. The third kappa shape index (κ3) is 2.86. The van der Waals surface area contributed by atoms with E-state index in [-0.39, 0.29) is 5.82 Å². The Balaban J connectivity index is 2.23. The van der Waals surface area contributed by atoms with E-state index in [4.69, 9.17) is 0 Å².